The Labute approximate surface area is 114 Å². The fourth-order valence-electron chi connectivity index (χ4n) is 2.94. The first kappa shape index (κ1) is 12.6. The smallest absolute Gasteiger partial charge is 0.0708 e. The van der Waals surface area contributed by atoms with Crippen molar-refractivity contribution in [2.45, 2.75) is 25.9 Å². The van der Waals surface area contributed by atoms with E-state index in [9.17, 15) is 0 Å². The van der Waals surface area contributed by atoms with Crippen LogP contribution < -0.4 is 5.32 Å². The van der Waals surface area contributed by atoms with Crippen molar-refractivity contribution in [1.82, 2.24) is 15.2 Å². The zero-order chi connectivity index (χ0) is 13.2. The summed E-state index contributed by atoms with van der Waals surface area (Å²) in [7, 11) is 2.22. The number of nitrogens with one attached hydrogen (secondary N) is 1. The highest BCUT2D eigenvalue weighted by atomic mass is 15.2. The Balaban J connectivity index is 1.91. The van der Waals surface area contributed by atoms with Gasteiger partial charge in [-0.1, -0.05) is 18.2 Å². The minimum atomic E-state index is 0.659. The van der Waals surface area contributed by atoms with Gasteiger partial charge in [-0.2, -0.15) is 0 Å². The van der Waals surface area contributed by atoms with E-state index in [1.54, 1.807) is 0 Å². The molecule has 0 aliphatic carbocycles. The van der Waals surface area contributed by atoms with Crippen LogP contribution >= 0.6 is 0 Å². The van der Waals surface area contributed by atoms with Crippen LogP contribution in [0.4, 0.5) is 0 Å². The lowest BCUT2D eigenvalue weighted by atomic mass is 10.1. The van der Waals surface area contributed by atoms with Gasteiger partial charge in [-0.15, -0.1) is 0 Å². The molecule has 2 aromatic rings. The van der Waals surface area contributed by atoms with E-state index in [1.807, 2.05) is 0 Å². The monoisotopic (exact) mass is 255 g/mol. The van der Waals surface area contributed by atoms with Crippen molar-refractivity contribution in [2.24, 2.45) is 0 Å². The number of fused-ring (bicyclic) bond motifs is 1. The van der Waals surface area contributed by atoms with Gasteiger partial charge in [0.15, 0.2) is 0 Å². The summed E-state index contributed by atoms with van der Waals surface area (Å²) in [6.45, 7) is 5.33. The molecule has 1 aliphatic rings. The highest BCUT2D eigenvalue weighted by Crippen LogP contribution is 2.21. The van der Waals surface area contributed by atoms with E-state index < -0.39 is 0 Å². The third kappa shape index (κ3) is 2.62. The molecule has 2 heterocycles. The Morgan fingerprint density at radius 1 is 1.37 bits per heavy atom. The van der Waals surface area contributed by atoms with Gasteiger partial charge in [0.05, 0.1) is 5.52 Å². The first-order valence-corrected chi connectivity index (χ1v) is 7.00. The number of likely N-dealkylation sites (N-methyl/N-ethyl adjacent to an activating group) is 1. The fourth-order valence-corrected chi connectivity index (χ4v) is 2.94. The van der Waals surface area contributed by atoms with Crippen LogP contribution in [0.1, 0.15) is 17.7 Å². The minimum absolute atomic E-state index is 0.659. The normalized spacial score (nSPS) is 19.4. The number of aromatic nitrogens is 1. The van der Waals surface area contributed by atoms with Crippen molar-refractivity contribution >= 4 is 10.9 Å². The summed E-state index contributed by atoms with van der Waals surface area (Å²) in [4.78, 5) is 7.07. The van der Waals surface area contributed by atoms with Gasteiger partial charge in [0.2, 0.25) is 0 Å². The average molecular weight is 255 g/mol. The molecule has 0 saturated carbocycles. The molecule has 3 heteroatoms. The van der Waals surface area contributed by atoms with Crippen molar-refractivity contribution < 1.29 is 0 Å². The van der Waals surface area contributed by atoms with Crippen molar-refractivity contribution in [3.05, 3.63) is 41.6 Å². The summed E-state index contributed by atoms with van der Waals surface area (Å²) >= 11 is 0. The van der Waals surface area contributed by atoms with Gasteiger partial charge in [0.25, 0.3) is 0 Å². The van der Waals surface area contributed by atoms with Gasteiger partial charge in [-0.3, -0.25) is 9.88 Å². The maximum Gasteiger partial charge on any atom is 0.0708 e. The number of hydrogen-bond acceptors (Lipinski definition) is 3. The Kier molecular flexibility index (Phi) is 3.49. The summed E-state index contributed by atoms with van der Waals surface area (Å²) in [6.07, 6.45) is 1.25. The van der Waals surface area contributed by atoms with Gasteiger partial charge in [0, 0.05) is 30.2 Å². The Bertz CT molecular complexity index is 573. The lowest BCUT2D eigenvalue weighted by Crippen LogP contribution is -2.32. The number of pyridine rings is 1. The largest absolute Gasteiger partial charge is 0.315 e. The summed E-state index contributed by atoms with van der Waals surface area (Å²) in [5.41, 5.74) is 3.60. The Morgan fingerprint density at radius 3 is 3.00 bits per heavy atom. The second-order valence-corrected chi connectivity index (χ2v) is 5.50. The van der Waals surface area contributed by atoms with Gasteiger partial charge in [-0.25, -0.2) is 0 Å². The molecule has 1 aliphatic heterocycles. The number of hydrogen-bond donors (Lipinski definition) is 1. The van der Waals surface area contributed by atoms with Gasteiger partial charge >= 0.3 is 0 Å². The van der Waals surface area contributed by atoms with E-state index in [1.165, 1.54) is 17.4 Å². The third-order valence-electron chi connectivity index (χ3n) is 4.01. The van der Waals surface area contributed by atoms with Gasteiger partial charge < -0.3 is 5.32 Å². The molecule has 1 aromatic heterocycles. The van der Waals surface area contributed by atoms with E-state index in [2.05, 4.69) is 59.5 Å². The van der Waals surface area contributed by atoms with E-state index in [-0.39, 0.29) is 0 Å². The van der Waals surface area contributed by atoms with E-state index in [4.69, 9.17) is 0 Å². The first-order valence-electron chi connectivity index (χ1n) is 7.00. The van der Waals surface area contributed by atoms with Gasteiger partial charge in [-0.05, 0) is 44.6 Å². The van der Waals surface area contributed by atoms with Crippen LogP contribution in [0, 0.1) is 6.92 Å². The molecular weight excluding hydrogens is 234 g/mol. The molecule has 0 spiro atoms. The molecule has 1 atom stereocenters. The lowest BCUT2D eigenvalue weighted by Gasteiger charge is -2.24. The van der Waals surface area contributed by atoms with Crippen molar-refractivity contribution in [1.29, 1.82) is 0 Å². The molecule has 0 amide bonds. The number of rotatable bonds is 3. The van der Waals surface area contributed by atoms with Crippen LogP contribution in [-0.2, 0) is 6.54 Å². The fraction of sp³-hybridized carbons (Fsp3) is 0.438. The predicted octanol–water partition coefficient (Wildman–Crippen LogP) is 2.34. The Morgan fingerprint density at radius 2 is 2.21 bits per heavy atom. The topological polar surface area (TPSA) is 28.2 Å². The predicted molar refractivity (Wildman–Crippen MR) is 79.2 cm³/mol. The van der Waals surface area contributed by atoms with Crippen LogP contribution in [0.3, 0.4) is 0 Å². The quantitative estimate of drug-likeness (QED) is 0.912. The van der Waals surface area contributed by atoms with E-state index in [0.717, 1.165) is 30.8 Å². The molecule has 0 bridgehead atoms. The molecule has 19 heavy (non-hydrogen) atoms. The van der Waals surface area contributed by atoms with E-state index >= 15 is 0 Å². The standard InChI is InChI=1S/C16H21N3/c1-12-9-13(11-19(2)14-7-8-17-10-14)15-5-3-4-6-16(15)18-12/h3-6,9,14,17H,7-8,10-11H2,1-2H3. The maximum absolute atomic E-state index is 4.61. The highest BCUT2D eigenvalue weighted by molar-refractivity contribution is 5.82. The molecular formula is C16H21N3. The summed E-state index contributed by atoms with van der Waals surface area (Å²) < 4.78 is 0. The molecule has 1 saturated heterocycles. The van der Waals surface area contributed by atoms with Crippen LogP contribution in [0.25, 0.3) is 10.9 Å². The summed E-state index contributed by atoms with van der Waals surface area (Å²) in [5, 5.41) is 4.72. The molecule has 1 unspecified atom stereocenters. The number of para-hydroxylation sites is 1. The molecule has 1 aromatic carbocycles. The first-order chi connectivity index (χ1) is 9.24. The molecule has 3 rings (SSSR count). The molecule has 0 radical (unpaired) electrons. The number of benzene rings is 1. The average Bonchev–Trinajstić information content (AvgIpc) is 2.92. The summed E-state index contributed by atoms with van der Waals surface area (Å²) in [5.74, 6) is 0. The Hall–Kier alpha value is -1.45. The second kappa shape index (κ2) is 5.27. The number of nitrogens with zero attached hydrogens (tertiary/aromatic N) is 2. The molecule has 1 N–H and O–H groups in total. The SMILES string of the molecule is Cc1cc(CN(C)C2CCNC2)c2ccccc2n1. The molecule has 1 fully saturated rings. The highest BCUT2D eigenvalue weighted by Gasteiger charge is 2.19. The maximum atomic E-state index is 4.61. The lowest BCUT2D eigenvalue weighted by molar-refractivity contribution is 0.249. The van der Waals surface area contributed by atoms with Crippen LogP contribution in [0.15, 0.2) is 30.3 Å². The van der Waals surface area contributed by atoms with Crippen LogP contribution in [0.2, 0.25) is 0 Å². The molecule has 3 nitrogen and oxygen atoms in total. The van der Waals surface area contributed by atoms with Crippen molar-refractivity contribution in [3.63, 3.8) is 0 Å². The number of aryl methyl sites for hydroxylation is 1. The molecule has 100 valence electrons. The van der Waals surface area contributed by atoms with E-state index in [0.29, 0.717) is 6.04 Å². The zero-order valence-corrected chi connectivity index (χ0v) is 11.7. The van der Waals surface area contributed by atoms with Crippen LogP contribution in [0.5, 0.6) is 0 Å². The minimum Gasteiger partial charge on any atom is -0.315 e. The van der Waals surface area contributed by atoms with Gasteiger partial charge in [0.1, 0.15) is 0 Å². The van der Waals surface area contributed by atoms with Crippen molar-refractivity contribution in [3.8, 4) is 0 Å². The zero-order valence-electron chi connectivity index (χ0n) is 11.7. The third-order valence-corrected chi connectivity index (χ3v) is 4.01. The second-order valence-electron chi connectivity index (χ2n) is 5.50. The van der Waals surface area contributed by atoms with Crippen LogP contribution in [-0.4, -0.2) is 36.1 Å². The summed E-state index contributed by atoms with van der Waals surface area (Å²) in [6, 6.07) is 11.3. The van der Waals surface area contributed by atoms with Crippen molar-refractivity contribution in [2.75, 3.05) is 20.1 Å².